The van der Waals surface area contributed by atoms with Crippen LogP contribution in [-0.4, -0.2) is 76.4 Å². The van der Waals surface area contributed by atoms with Crippen LogP contribution in [0.2, 0.25) is 0 Å². The Hall–Kier alpha value is 2.04. The first-order valence-electron chi connectivity index (χ1n) is 0.204. The van der Waals surface area contributed by atoms with E-state index < -0.39 is 0 Å². The van der Waals surface area contributed by atoms with Crippen molar-refractivity contribution in [3.63, 3.8) is 0 Å². The minimum absolute atomic E-state index is 0. The van der Waals surface area contributed by atoms with E-state index in [0.717, 1.165) is 0 Å². The summed E-state index contributed by atoms with van der Waals surface area (Å²) in [7, 11) is 1.72. The van der Waals surface area contributed by atoms with Gasteiger partial charge in [-0.3, -0.25) is 0 Å². The van der Waals surface area contributed by atoms with Crippen LogP contribution in [0.1, 0.15) is 0 Å². The largest absolute Gasteiger partial charge is 3.00 e. The van der Waals surface area contributed by atoms with Crippen molar-refractivity contribution in [1.29, 1.82) is 0 Å². The molecule has 0 amide bonds. The van der Waals surface area contributed by atoms with Crippen molar-refractivity contribution in [1.82, 2.24) is 0 Å². The van der Waals surface area contributed by atoms with Crippen molar-refractivity contribution in [2.45, 2.75) is 0 Å². The van der Waals surface area contributed by atoms with E-state index >= 15 is 0 Å². The van der Waals surface area contributed by atoms with Crippen molar-refractivity contribution in [2.24, 2.45) is 0 Å². The topological polar surface area (TPSA) is 74.1 Å². The first-order valence-corrected chi connectivity index (χ1v) is 0.612. The van der Waals surface area contributed by atoms with E-state index in [0.29, 0.717) is 0 Å². The van der Waals surface area contributed by atoms with Gasteiger partial charge in [-0.15, -0.1) is 0 Å². The maximum absolute atomic E-state index is 8.06. The molecular weight excluding hydrogens is 240 g/mol. The quantitative estimate of drug-likeness (QED) is 0.475. The van der Waals surface area contributed by atoms with Gasteiger partial charge in [0.15, 0.2) is 0 Å². The summed E-state index contributed by atoms with van der Waals surface area (Å²) in [4.78, 5) is 0. The summed E-state index contributed by atoms with van der Waals surface area (Å²) in [6, 6.07) is 0. The Morgan fingerprint density at radius 1 is 1.00 bits per heavy atom. The molecule has 0 aliphatic rings. The van der Waals surface area contributed by atoms with Gasteiger partial charge in [-0.05, 0) is 0 Å². The molecule has 0 saturated heterocycles. The molecule has 0 aromatic heterocycles. The Morgan fingerprint density at radius 3 is 1.00 bits per heavy atom. The predicted molar refractivity (Wildman–Crippen MR) is 19.3 cm³/mol. The van der Waals surface area contributed by atoms with E-state index in [4.69, 9.17) is 4.46 Å². The Labute approximate surface area is 90.2 Å². The molecule has 0 radical (unpaired) electrons. The van der Waals surface area contributed by atoms with Crippen LogP contribution in [0.3, 0.4) is 0 Å². The third-order valence-corrected chi connectivity index (χ3v) is 0. The minimum Gasteiger partial charge on any atom is -2.00 e. The molecule has 0 spiro atoms. The second-order valence-electron chi connectivity index (χ2n) is 0. The molecule has 0 atom stereocenters. The average Bonchev–Trinajstić information content (AvgIpc) is 1.00. The van der Waals surface area contributed by atoms with Crippen LogP contribution in [0.4, 0.5) is 0 Å². The molecule has 0 fully saturated rings. The van der Waals surface area contributed by atoms with Crippen LogP contribution in [0, 0.1) is 0 Å². The third-order valence-electron chi connectivity index (χ3n) is 0. The van der Waals surface area contributed by atoms with Crippen LogP contribution in [0.15, 0.2) is 0 Å². The first-order chi connectivity index (χ1) is 1.00. The number of hydrogen-bond acceptors (Lipinski definition) is 1. The average molecular weight is 240 g/mol. The summed E-state index contributed by atoms with van der Waals surface area (Å²) >= 11 is 0. The Balaban J connectivity index is -0.000000000833. The second kappa shape index (κ2) is 61.7. The summed E-state index contributed by atoms with van der Waals surface area (Å²) in [5.74, 6) is 0. The zero-order valence-electron chi connectivity index (χ0n) is 3.01. The van der Waals surface area contributed by atoms with Gasteiger partial charge in [-0.1, -0.05) is 0 Å². The molecule has 0 aromatic carbocycles. The van der Waals surface area contributed by atoms with E-state index in [-0.39, 0.29) is 77.2 Å². The summed E-state index contributed by atoms with van der Waals surface area (Å²) < 4.78 is 8.06. The molecule has 0 N–H and O–H groups in total. The van der Waals surface area contributed by atoms with E-state index in [1.54, 1.807) is 10.1 Å². The van der Waals surface area contributed by atoms with Gasteiger partial charge in [-0.25, -0.2) is 0 Å². The normalized spacial score (nSPS) is 1.00. The molecule has 0 aliphatic heterocycles. The van der Waals surface area contributed by atoms with Crippen molar-refractivity contribution in [3.8, 4) is 0 Å². The third kappa shape index (κ3) is 36.9. The summed E-state index contributed by atoms with van der Waals surface area (Å²) in [5, 5.41) is 0. The van der Waals surface area contributed by atoms with Gasteiger partial charge in [0.1, 0.15) is 0 Å². The second-order valence-corrected chi connectivity index (χ2v) is 0. The number of rotatable bonds is 0. The smallest absolute Gasteiger partial charge is 2.00 e. The molecule has 6 heavy (non-hydrogen) atoms. The molecule has 0 aliphatic carbocycles. The Bertz CT molecular complexity index is 10.8. The molecule has 0 saturated carbocycles. The fraction of sp³-hybridized carbons (Fsp3) is 0. The Kier molecular flexibility index (Phi) is 443. The summed E-state index contributed by atoms with van der Waals surface area (Å²) in [6.07, 6.45) is 0. The molecule has 0 rings (SSSR count). The fourth-order valence-electron chi connectivity index (χ4n) is 0. The maximum atomic E-state index is 8.06. The molecule has 0 heterocycles. The van der Waals surface area contributed by atoms with Gasteiger partial charge >= 0.3 is 80.8 Å². The predicted octanol–water partition coefficient (Wildman–Crippen LogP) is -1.50. The van der Waals surface area contributed by atoms with Crippen LogP contribution in [0.5, 0.6) is 0 Å². The van der Waals surface area contributed by atoms with Gasteiger partial charge in [0.2, 0.25) is 0 Å². The fourth-order valence-corrected chi connectivity index (χ4v) is 0. The molecule has 3 nitrogen and oxygen atoms in total. The molecule has 0 unspecified atom stereocenters. The van der Waals surface area contributed by atoms with E-state index in [1.807, 2.05) is 0 Å². The zero-order chi connectivity index (χ0) is 2.00. The van der Waals surface area contributed by atoms with Crippen molar-refractivity contribution < 1.29 is 15.4 Å². The van der Waals surface area contributed by atoms with Gasteiger partial charge in [0, 0.05) is 0 Å². The van der Waals surface area contributed by atoms with Crippen LogP contribution in [-0.2, 0) is 15.4 Å². The van der Waals surface area contributed by atoms with Crippen molar-refractivity contribution in [3.05, 3.63) is 0 Å². The minimum atomic E-state index is 0. The maximum Gasteiger partial charge on any atom is 3.00 e. The van der Waals surface area contributed by atoms with Crippen molar-refractivity contribution in [2.75, 3.05) is 0 Å². The van der Waals surface area contributed by atoms with Gasteiger partial charge in [0.05, 0.1) is 0 Å². The molecule has 0 bridgehead atoms. The van der Waals surface area contributed by atoms with Gasteiger partial charge in [-0.2, -0.15) is 0 Å². The van der Waals surface area contributed by atoms with Gasteiger partial charge < -0.3 is 11.0 Å². The molecule has 6 heteroatoms. The summed E-state index contributed by atoms with van der Waals surface area (Å²) in [5.41, 5.74) is 0. The van der Waals surface area contributed by atoms with Crippen LogP contribution in [0.25, 0.3) is 0 Å². The molecule has 24 valence electrons. The van der Waals surface area contributed by atoms with Gasteiger partial charge in [0.25, 0.3) is 0 Å². The van der Waals surface area contributed by atoms with E-state index in [9.17, 15) is 0 Å². The monoisotopic (exact) mass is 241 g/mol. The first kappa shape index (κ1) is 43.1. The summed E-state index contributed by atoms with van der Waals surface area (Å²) in [6.45, 7) is 0. The zero-order valence-corrected chi connectivity index (χ0v) is 9.60. The molecule has 0 aromatic rings. The van der Waals surface area contributed by atoms with Crippen LogP contribution < -0.4 is 0 Å². The SMILES string of the molecule is O=[Si+2].[Al+3].[Ba+2].[O-2].[O-2]. The van der Waals surface area contributed by atoms with Crippen LogP contribution >= 0.6 is 0 Å². The molecular formula is AlBaO3Si+3. The Morgan fingerprint density at radius 2 is 1.00 bits per heavy atom. The van der Waals surface area contributed by atoms with Crippen molar-refractivity contribution >= 4 is 76.4 Å². The standard InChI is InChI=1S/Al.Ba.OSi.2O/c;;1-2;;/q+3;2*+2;2*-2. The van der Waals surface area contributed by atoms with E-state index in [1.165, 1.54) is 0 Å². The number of hydrogen-bond donors (Lipinski definition) is 0. The van der Waals surface area contributed by atoms with E-state index in [2.05, 4.69) is 0 Å².